The van der Waals surface area contributed by atoms with Gasteiger partial charge in [0, 0.05) is 24.1 Å². The summed E-state index contributed by atoms with van der Waals surface area (Å²) < 4.78 is 2.14. The second-order valence-corrected chi connectivity index (χ2v) is 11.1. The third-order valence-electron chi connectivity index (χ3n) is 9.16. The summed E-state index contributed by atoms with van der Waals surface area (Å²) in [4.78, 5) is 2.39. The summed E-state index contributed by atoms with van der Waals surface area (Å²) in [5.41, 5.74) is 5.99. The zero-order valence-corrected chi connectivity index (χ0v) is 21.4. The zero-order chi connectivity index (χ0) is 25.0. The number of aromatic nitrogens is 2. The number of hydrogen-bond acceptors (Lipinski definition) is 4. The predicted octanol–water partition coefficient (Wildman–Crippen LogP) is 5.81. The second-order valence-electron chi connectivity index (χ2n) is 11.1. The molecule has 1 N–H and O–H groups in total. The van der Waals surface area contributed by atoms with Crippen molar-refractivity contribution in [1.82, 2.24) is 9.78 Å². The highest BCUT2D eigenvalue weighted by Crippen LogP contribution is 2.53. The molecule has 0 bridgehead atoms. The highest BCUT2D eigenvalue weighted by atomic mass is 16.3. The number of fused-ring (bicyclic) bond motifs is 3. The van der Waals surface area contributed by atoms with E-state index < -0.39 is 6.10 Å². The molecule has 0 amide bonds. The minimum atomic E-state index is -0.701. The first-order valence-corrected chi connectivity index (χ1v) is 13.2. The van der Waals surface area contributed by atoms with Gasteiger partial charge in [-0.25, -0.2) is 4.68 Å². The Labute approximate surface area is 213 Å². The molecule has 6 rings (SSSR count). The highest BCUT2D eigenvalue weighted by molar-refractivity contribution is 5.65. The van der Waals surface area contributed by atoms with Crippen LogP contribution in [0.1, 0.15) is 50.8 Å². The molecule has 3 aromatic rings. The van der Waals surface area contributed by atoms with Crippen LogP contribution in [0.5, 0.6) is 0 Å². The van der Waals surface area contributed by atoms with E-state index >= 15 is 0 Å². The summed E-state index contributed by atoms with van der Waals surface area (Å²) in [5, 5.41) is 26.0. The topological polar surface area (TPSA) is 65.1 Å². The molecular weight excluding hydrogens is 444 g/mol. The van der Waals surface area contributed by atoms with Gasteiger partial charge in [0.25, 0.3) is 0 Å². The van der Waals surface area contributed by atoms with Gasteiger partial charge in [-0.1, -0.05) is 62.4 Å². The van der Waals surface area contributed by atoms with E-state index in [1.54, 1.807) is 0 Å². The van der Waals surface area contributed by atoms with Gasteiger partial charge in [0.15, 0.2) is 5.82 Å². The summed E-state index contributed by atoms with van der Waals surface area (Å²) >= 11 is 0. The van der Waals surface area contributed by atoms with Crippen LogP contribution in [0.2, 0.25) is 0 Å². The first kappa shape index (κ1) is 23.1. The van der Waals surface area contributed by atoms with Crippen LogP contribution in [0, 0.1) is 23.2 Å². The molecule has 1 fully saturated rings. The molecule has 3 aliphatic rings. The summed E-state index contributed by atoms with van der Waals surface area (Å²) in [7, 11) is 2.19. The van der Waals surface area contributed by atoms with Crippen molar-refractivity contribution in [2.24, 2.45) is 11.8 Å². The van der Waals surface area contributed by atoms with Gasteiger partial charge in [-0.15, -0.1) is 5.10 Å². The Kier molecular flexibility index (Phi) is 5.53. The fourth-order valence-electron chi connectivity index (χ4n) is 6.83. The Morgan fingerprint density at radius 3 is 2.39 bits per heavy atom. The molecule has 5 nitrogen and oxygen atoms in total. The van der Waals surface area contributed by atoms with Gasteiger partial charge in [0.1, 0.15) is 0 Å². The van der Waals surface area contributed by atoms with E-state index in [9.17, 15) is 10.4 Å². The van der Waals surface area contributed by atoms with Crippen LogP contribution in [0.15, 0.2) is 66.2 Å². The number of aliphatic hydroxyl groups excluding tert-OH is 1. The van der Waals surface area contributed by atoms with Crippen molar-refractivity contribution in [3.05, 3.63) is 77.5 Å². The lowest BCUT2D eigenvalue weighted by Crippen LogP contribution is -2.48. The molecule has 0 saturated heterocycles. The summed E-state index contributed by atoms with van der Waals surface area (Å²) in [6, 6.07) is 21.9. The summed E-state index contributed by atoms with van der Waals surface area (Å²) in [5.74, 6) is 1.34. The normalized spacial score (nSPS) is 27.3. The predicted molar refractivity (Wildman–Crippen MR) is 143 cm³/mol. The molecule has 184 valence electrons. The van der Waals surface area contributed by atoms with Gasteiger partial charge >= 0.3 is 0 Å². The molecular formula is C31H34N4O. The quantitative estimate of drug-likeness (QED) is 0.514. The van der Waals surface area contributed by atoms with E-state index in [0.717, 1.165) is 24.3 Å². The van der Waals surface area contributed by atoms with E-state index in [1.165, 1.54) is 41.6 Å². The number of anilines is 1. The van der Waals surface area contributed by atoms with Crippen molar-refractivity contribution >= 4 is 5.82 Å². The number of rotatable bonds is 4. The lowest BCUT2D eigenvalue weighted by Gasteiger charge is -2.48. The molecule has 1 aromatic heterocycles. The summed E-state index contributed by atoms with van der Waals surface area (Å²) in [6.07, 6.45) is 6.98. The molecule has 1 unspecified atom stereocenters. The van der Waals surface area contributed by atoms with Gasteiger partial charge in [-0.05, 0) is 67.2 Å². The average molecular weight is 479 g/mol. The standard InChI is InChI=1S/C31H34N4O/c1-20-27-17-16-26-29(31(27,2)18-23(19-32)28(20)36)35(33-30(26)34(3)24-10-7-11-24)25-14-12-22(13-15-25)21-8-5-4-6-9-21/h4-6,8-9,12-15,18,20,24,27-28,36H,7,10-11,16-17H2,1-3H3/t20-,27-,28?,31-/m1/s1. The van der Waals surface area contributed by atoms with Crippen molar-refractivity contribution in [2.75, 3.05) is 11.9 Å². The molecule has 36 heavy (non-hydrogen) atoms. The third kappa shape index (κ3) is 3.43. The minimum Gasteiger partial charge on any atom is -0.387 e. The van der Waals surface area contributed by atoms with Crippen molar-refractivity contribution in [3.8, 4) is 22.9 Å². The van der Waals surface area contributed by atoms with Crippen LogP contribution in [0.3, 0.4) is 0 Å². The van der Waals surface area contributed by atoms with Crippen LogP contribution in [-0.2, 0) is 11.8 Å². The number of aliphatic hydroxyl groups is 1. The number of hydrogen-bond donors (Lipinski definition) is 1. The number of allylic oxidation sites excluding steroid dienone is 1. The van der Waals surface area contributed by atoms with Gasteiger partial charge in [0.2, 0.25) is 0 Å². The first-order chi connectivity index (χ1) is 17.4. The molecule has 0 spiro atoms. The average Bonchev–Trinajstić information content (AvgIpc) is 3.27. The first-order valence-electron chi connectivity index (χ1n) is 13.2. The molecule has 1 heterocycles. The Balaban J connectivity index is 1.52. The molecule has 1 saturated carbocycles. The second kappa shape index (κ2) is 8.64. The van der Waals surface area contributed by atoms with Crippen molar-refractivity contribution < 1.29 is 5.11 Å². The maximum Gasteiger partial charge on any atom is 0.154 e. The Morgan fingerprint density at radius 1 is 1.06 bits per heavy atom. The number of nitriles is 1. The smallest absolute Gasteiger partial charge is 0.154 e. The minimum absolute atomic E-state index is 0.0134. The van der Waals surface area contributed by atoms with Crippen molar-refractivity contribution in [3.63, 3.8) is 0 Å². The van der Waals surface area contributed by atoms with Gasteiger partial charge in [0.05, 0.1) is 29.1 Å². The molecule has 3 aliphatic carbocycles. The Hall–Kier alpha value is -3.36. The SMILES string of the molecule is C[C@H]1C(O)C(C#N)=C[C@@]2(C)c3c(c(N(C)C4CCC4)nn3-c3ccc(-c4ccccc4)cc3)CC[C@H]12. The largest absolute Gasteiger partial charge is 0.387 e. The molecule has 0 radical (unpaired) electrons. The van der Waals surface area contributed by atoms with E-state index in [1.807, 2.05) is 12.1 Å². The van der Waals surface area contributed by atoms with Crippen molar-refractivity contribution in [2.45, 2.75) is 63.5 Å². The maximum absolute atomic E-state index is 10.8. The van der Waals surface area contributed by atoms with E-state index in [0.29, 0.717) is 11.6 Å². The Morgan fingerprint density at radius 2 is 1.75 bits per heavy atom. The number of nitrogens with zero attached hydrogens (tertiary/aromatic N) is 4. The van der Waals surface area contributed by atoms with Crippen LogP contribution in [0.4, 0.5) is 5.82 Å². The highest BCUT2D eigenvalue weighted by Gasteiger charge is 2.51. The van der Waals surface area contributed by atoms with E-state index in [-0.39, 0.29) is 17.3 Å². The molecule has 0 aliphatic heterocycles. The molecule has 5 heteroatoms. The fourth-order valence-corrected chi connectivity index (χ4v) is 6.83. The van der Waals surface area contributed by atoms with E-state index in [2.05, 4.69) is 85.1 Å². The van der Waals surface area contributed by atoms with Crippen LogP contribution in [0.25, 0.3) is 16.8 Å². The van der Waals surface area contributed by atoms with Crippen LogP contribution >= 0.6 is 0 Å². The molecule has 2 aromatic carbocycles. The lowest BCUT2D eigenvalue weighted by molar-refractivity contribution is 0.0664. The van der Waals surface area contributed by atoms with Crippen LogP contribution in [-0.4, -0.2) is 34.1 Å². The van der Waals surface area contributed by atoms with Gasteiger partial charge in [-0.2, -0.15) is 5.26 Å². The maximum atomic E-state index is 10.8. The monoisotopic (exact) mass is 478 g/mol. The van der Waals surface area contributed by atoms with Crippen molar-refractivity contribution in [1.29, 1.82) is 5.26 Å². The number of benzene rings is 2. The third-order valence-corrected chi connectivity index (χ3v) is 9.16. The lowest BCUT2D eigenvalue weighted by atomic mass is 9.57. The van der Waals surface area contributed by atoms with Crippen LogP contribution < -0.4 is 4.90 Å². The van der Waals surface area contributed by atoms with Gasteiger partial charge in [-0.3, -0.25) is 0 Å². The van der Waals surface area contributed by atoms with E-state index in [4.69, 9.17) is 5.10 Å². The summed E-state index contributed by atoms with van der Waals surface area (Å²) in [6.45, 7) is 4.35. The van der Waals surface area contributed by atoms with Gasteiger partial charge < -0.3 is 10.0 Å². The molecule has 4 atom stereocenters. The zero-order valence-electron chi connectivity index (χ0n) is 21.4. The fraction of sp³-hybridized carbons (Fsp3) is 0.419. The Bertz CT molecular complexity index is 1350.